The van der Waals surface area contributed by atoms with Crippen LogP contribution in [0.2, 0.25) is 0 Å². The first kappa shape index (κ1) is 22.4. The third-order valence-electron chi connectivity index (χ3n) is 7.08. The summed E-state index contributed by atoms with van der Waals surface area (Å²) >= 11 is 0. The fourth-order valence-electron chi connectivity index (χ4n) is 6.76. The fraction of sp³-hybridized carbons (Fsp3) is 0.810. The Morgan fingerprint density at radius 2 is 1.20 bits per heavy atom. The van der Waals surface area contributed by atoms with Crippen molar-refractivity contribution in [2.45, 2.75) is 77.7 Å². The zero-order valence-electron chi connectivity index (χ0n) is 17.7. The molecule has 0 radical (unpaired) electrons. The number of aliphatic carboxylic acids is 3. The number of hydrogen-bond acceptors (Lipinski definition) is 5. The standard InChI is InChI=1S/C21H31NO8/c1-17(2,3)30-16(29)22-6-4-5-18-7-19(13(23)24)10-20(8-18,14(25)26)12-21(9-18,11-19)15(27)28/h4-12H2,1-3H3,(H,22,29)(H,23,24)(H,25,26)(H,27,28). The summed E-state index contributed by atoms with van der Waals surface area (Å²) in [6.45, 7) is 5.55. The van der Waals surface area contributed by atoms with E-state index < -0.39 is 51.3 Å². The molecule has 0 aromatic carbocycles. The summed E-state index contributed by atoms with van der Waals surface area (Å²) in [6, 6.07) is 0. The molecule has 0 unspecified atom stereocenters. The second-order valence-corrected chi connectivity index (χ2v) is 10.8. The number of ether oxygens (including phenoxy) is 1. The number of carboxylic acids is 3. The predicted octanol–water partition coefficient (Wildman–Crippen LogP) is 2.87. The van der Waals surface area contributed by atoms with Crippen molar-refractivity contribution in [1.82, 2.24) is 5.32 Å². The molecule has 4 bridgehead atoms. The third-order valence-corrected chi connectivity index (χ3v) is 7.08. The topological polar surface area (TPSA) is 150 Å². The Morgan fingerprint density at radius 1 is 0.800 bits per heavy atom. The molecule has 4 rings (SSSR count). The van der Waals surface area contributed by atoms with Gasteiger partial charge in [-0.3, -0.25) is 14.4 Å². The van der Waals surface area contributed by atoms with Gasteiger partial charge in [-0.2, -0.15) is 0 Å². The van der Waals surface area contributed by atoms with Crippen LogP contribution >= 0.6 is 0 Å². The van der Waals surface area contributed by atoms with Gasteiger partial charge in [0.1, 0.15) is 5.60 Å². The number of alkyl carbamates (subject to hydrolysis) is 1. The molecule has 9 nitrogen and oxygen atoms in total. The highest BCUT2D eigenvalue weighted by atomic mass is 16.6. The SMILES string of the molecule is CC(C)(C)OC(=O)NCCCC12CC3(C(=O)O)CC(C(=O)O)(C1)CC(C(=O)O)(C2)C3. The maximum atomic E-state index is 12.2. The minimum Gasteiger partial charge on any atom is -0.481 e. The first-order chi connectivity index (χ1) is 13.7. The second-order valence-electron chi connectivity index (χ2n) is 10.8. The Labute approximate surface area is 175 Å². The van der Waals surface area contributed by atoms with Crippen molar-refractivity contribution >= 4 is 24.0 Å². The minimum atomic E-state index is -1.33. The van der Waals surface area contributed by atoms with Crippen LogP contribution in [0.25, 0.3) is 0 Å². The smallest absolute Gasteiger partial charge is 0.407 e. The average Bonchev–Trinajstić information content (AvgIpc) is 2.56. The first-order valence-corrected chi connectivity index (χ1v) is 10.3. The number of amides is 1. The zero-order chi connectivity index (χ0) is 22.6. The van der Waals surface area contributed by atoms with Crippen molar-refractivity contribution in [3.63, 3.8) is 0 Å². The van der Waals surface area contributed by atoms with Crippen LogP contribution in [0.3, 0.4) is 0 Å². The lowest BCUT2D eigenvalue weighted by atomic mass is 9.34. The number of carbonyl (C=O) groups excluding carboxylic acids is 1. The van der Waals surface area contributed by atoms with E-state index in [-0.39, 0.29) is 45.1 Å². The monoisotopic (exact) mass is 425 g/mol. The number of carboxylic acid groups (broad SMARTS) is 3. The highest BCUT2D eigenvalue weighted by Crippen LogP contribution is 2.75. The highest BCUT2D eigenvalue weighted by Gasteiger charge is 2.74. The molecule has 0 heterocycles. The van der Waals surface area contributed by atoms with Gasteiger partial charge < -0.3 is 25.4 Å². The van der Waals surface area contributed by atoms with Crippen molar-refractivity contribution in [3.8, 4) is 0 Å². The van der Waals surface area contributed by atoms with Crippen LogP contribution in [0.15, 0.2) is 0 Å². The van der Waals surface area contributed by atoms with Crippen LogP contribution in [0.1, 0.15) is 72.1 Å². The molecule has 30 heavy (non-hydrogen) atoms. The van der Waals surface area contributed by atoms with Gasteiger partial charge in [0.15, 0.2) is 0 Å². The van der Waals surface area contributed by atoms with Crippen LogP contribution in [0.4, 0.5) is 4.79 Å². The van der Waals surface area contributed by atoms with Crippen LogP contribution < -0.4 is 5.32 Å². The predicted molar refractivity (Wildman–Crippen MR) is 104 cm³/mol. The van der Waals surface area contributed by atoms with Crippen LogP contribution in [0, 0.1) is 21.7 Å². The number of hydrogen-bond donors (Lipinski definition) is 4. The fourth-order valence-corrected chi connectivity index (χ4v) is 6.76. The maximum Gasteiger partial charge on any atom is 0.407 e. The van der Waals surface area contributed by atoms with Crippen LogP contribution in [-0.2, 0) is 19.1 Å². The minimum absolute atomic E-state index is 0.0163. The van der Waals surface area contributed by atoms with Crippen molar-refractivity contribution in [2.24, 2.45) is 21.7 Å². The van der Waals surface area contributed by atoms with E-state index in [1.807, 2.05) is 0 Å². The molecule has 0 spiro atoms. The van der Waals surface area contributed by atoms with E-state index in [0.717, 1.165) is 0 Å². The van der Waals surface area contributed by atoms with Gasteiger partial charge in [0.25, 0.3) is 0 Å². The van der Waals surface area contributed by atoms with Gasteiger partial charge in [-0.05, 0) is 77.6 Å². The summed E-state index contributed by atoms with van der Waals surface area (Å²) < 4.78 is 5.19. The van der Waals surface area contributed by atoms with Crippen LogP contribution in [0.5, 0.6) is 0 Å². The molecule has 9 heteroatoms. The van der Waals surface area contributed by atoms with E-state index in [1.54, 1.807) is 20.8 Å². The lowest BCUT2D eigenvalue weighted by Gasteiger charge is -2.67. The van der Waals surface area contributed by atoms with Crippen molar-refractivity contribution in [2.75, 3.05) is 6.54 Å². The quantitative estimate of drug-likeness (QED) is 0.455. The average molecular weight is 425 g/mol. The molecule has 4 saturated carbocycles. The summed E-state index contributed by atoms with van der Waals surface area (Å²) in [4.78, 5) is 48.5. The summed E-state index contributed by atoms with van der Waals surface area (Å²) in [7, 11) is 0. The molecule has 0 aliphatic heterocycles. The Bertz CT molecular complexity index is 700. The second kappa shape index (κ2) is 6.85. The Hall–Kier alpha value is -2.32. The molecule has 4 aliphatic rings. The molecule has 0 atom stereocenters. The van der Waals surface area contributed by atoms with E-state index in [1.165, 1.54) is 0 Å². The number of carbonyl (C=O) groups is 4. The highest BCUT2D eigenvalue weighted by molar-refractivity contribution is 5.86. The van der Waals surface area contributed by atoms with E-state index in [9.17, 15) is 34.5 Å². The lowest BCUT2D eigenvalue weighted by molar-refractivity contribution is -0.227. The summed E-state index contributed by atoms with van der Waals surface area (Å²) in [5, 5.41) is 32.6. The normalized spacial score (nSPS) is 36.9. The molecule has 4 aliphatic carbocycles. The first-order valence-electron chi connectivity index (χ1n) is 10.3. The zero-order valence-corrected chi connectivity index (χ0v) is 17.7. The van der Waals surface area contributed by atoms with Gasteiger partial charge in [-0.15, -0.1) is 0 Å². The number of nitrogens with one attached hydrogen (secondary N) is 1. The largest absolute Gasteiger partial charge is 0.481 e. The summed E-state index contributed by atoms with van der Waals surface area (Å²) in [5.41, 5.74) is -5.29. The summed E-state index contributed by atoms with van der Waals surface area (Å²) in [5.74, 6) is -3.31. The van der Waals surface area contributed by atoms with Gasteiger partial charge in [0, 0.05) is 6.54 Å². The van der Waals surface area contributed by atoms with Gasteiger partial charge in [0.05, 0.1) is 16.2 Å². The van der Waals surface area contributed by atoms with Crippen LogP contribution in [-0.4, -0.2) is 51.5 Å². The summed E-state index contributed by atoms with van der Waals surface area (Å²) in [6.07, 6.45) is 1.19. The molecular weight excluding hydrogens is 394 g/mol. The molecule has 4 N–H and O–H groups in total. The molecule has 1 amide bonds. The molecule has 4 fully saturated rings. The van der Waals surface area contributed by atoms with Gasteiger partial charge in [0.2, 0.25) is 0 Å². The van der Waals surface area contributed by atoms with Crippen molar-refractivity contribution in [1.29, 1.82) is 0 Å². The van der Waals surface area contributed by atoms with E-state index >= 15 is 0 Å². The van der Waals surface area contributed by atoms with Crippen molar-refractivity contribution in [3.05, 3.63) is 0 Å². The molecule has 0 aromatic heterocycles. The third kappa shape index (κ3) is 3.74. The molecule has 0 aromatic rings. The Balaban J connectivity index is 1.80. The maximum absolute atomic E-state index is 12.2. The van der Waals surface area contributed by atoms with E-state index in [2.05, 4.69) is 5.32 Å². The lowest BCUT2D eigenvalue weighted by Crippen LogP contribution is -2.66. The Morgan fingerprint density at radius 3 is 1.53 bits per heavy atom. The molecule has 0 saturated heterocycles. The molecule has 168 valence electrons. The van der Waals surface area contributed by atoms with Gasteiger partial charge in [-0.25, -0.2) is 4.79 Å². The van der Waals surface area contributed by atoms with Gasteiger partial charge >= 0.3 is 24.0 Å². The van der Waals surface area contributed by atoms with E-state index in [0.29, 0.717) is 12.8 Å². The van der Waals surface area contributed by atoms with Crippen molar-refractivity contribution < 1.29 is 39.2 Å². The Kier molecular flexibility index (Phi) is 5.11. The van der Waals surface area contributed by atoms with E-state index in [4.69, 9.17) is 4.74 Å². The number of rotatable bonds is 7. The molecular formula is C21H31NO8. The van der Waals surface area contributed by atoms with Gasteiger partial charge in [-0.1, -0.05) is 0 Å².